The normalized spacial score (nSPS) is 25.5. The van der Waals surface area contributed by atoms with Gasteiger partial charge in [-0.05, 0) is 25.4 Å². The summed E-state index contributed by atoms with van der Waals surface area (Å²) in [6, 6.07) is 0. The summed E-state index contributed by atoms with van der Waals surface area (Å²) >= 11 is 1.08. The van der Waals surface area contributed by atoms with Crippen LogP contribution in [0.25, 0.3) is 0 Å². The van der Waals surface area contributed by atoms with E-state index in [1.54, 1.807) is 23.6 Å². The van der Waals surface area contributed by atoms with Gasteiger partial charge < -0.3 is 19.3 Å². The summed E-state index contributed by atoms with van der Waals surface area (Å²) in [5.74, 6) is -0.223. The number of hydrogen-bond acceptors (Lipinski definition) is 7. The Morgan fingerprint density at radius 3 is 2.52 bits per heavy atom. The maximum absolute atomic E-state index is 12.8. The van der Waals surface area contributed by atoms with Gasteiger partial charge in [0.05, 0.1) is 32.1 Å². The maximum Gasteiger partial charge on any atom is 0.267 e. The molecule has 0 saturated carbocycles. The van der Waals surface area contributed by atoms with E-state index in [0.717, 1.165) is 11.5 Å². The van der Waals surface area contributed by atoms with Gasteiger partial charge in [-0.15, -0.1) is 5.10 Å². The standard InChI is InChI=1S/C14H20N4O4S/c1-10-11(23-16-15-10)12(19)18-5-8-22-14(2,9-18)13(20)17-3-6-21-7-4-17/h3-9H2,1-2H3. The Labute approximate surface area is 138 Å². The largest absolute Gasteiger partial charge is 0.378 e. The lowest BCUT2D eigenvalue weighted by Crippen LogP contribution is -2.61. The number of morpholine rings is 2. The molecule has 1 aromatic rings. The molecule has 2 aliphatic rings. The van der Waals surface area contributed by atoms with Crippen LogP contribution in [0.15, 0.2) is 0 Å². The lowest BCUT2D eigenvalue weighted by Gasteiger charge is -2.42. The van der Waals surface area contributed by atoms with Gasteiger partial charge in [0.15, 0.2) is 5.60 Å². The van der Waals surface area contributed by atoms with Crippen LogP contribution in [0.2, 0.25) is 0 Å². The first-order valence-corrected chi connectivity index (χ1v) is 8.38. The smallest absolute Gasteiger partial charge is 0.267 e. The third kappa shape index (κ3) is 3.22. The Hall–Kier alpha value is -1.58. The van der Waals surface area contributed by atoms with E-state index in [0.29, 0.717) is 50.0 Å². The fraction of sp³-hybridized carbons (Fsp3) is 0.714. The van der Waals surface area contributed by atoms with Gasteiger partial charge in [-0.3, -0.25) is 9.59 Å². The highest BCUT2D eigenvalue weighted by atomic mass is 32.1. The Balaban J connectivity index is 1.73. The molecule has 23 heavy (non-hydrogen) atoms. The monoisotopic (exact) mass is 340 g/mol. The van der Waals surface area contributed by atoms with E-state index < -0.39 is 5.60 Å². The zero-order chi connectivity index (χ0) is 16.4. The van der Waals surface area contributed by atoms with Gasteiger partial charge in [-0.2, -0.15) is 0 Å². The van der Waals surface area contributed by atoms with Crippen molar-refractivity contribution >= 4 is 23.3 Å². The molecule has 2 fully saturated rings. The van der Waals surface area contributed by atoms with Crippen LogP contribution in [0.5, 0.6) is 0 Å². The lowest BCUT2D eigenvalue weighted by atomic mass is 10.0. The Bertz CT molecular complexity index is 601. The number of carbonyl (C=O) groups excluding carboxylic acids is 2. The molecule has 3 rings (SSSR count). The number of ether oxygens (including phenoxy) is 2. The van der Waals surface area contributed by atoms with Crippen LogP contribution in [-0.2, 0) is 14.3 Å². The van der Waals surface area contributed by atoms with E-state index in [1.165, 1.54) is 0 Å². The average molecular weight is 340 g/mol. The van der Waals surface area contributed by atoms with E-state index in [1.807, 2.05) is 0 Å². The van der Waals surface area contributed by atoms with Crippen molar-refractivity contribution in [3.05, 3.63) is 10.6 Å². The summed E-state index contributed by atoms with van der Waals surface area (Å²) in [7, 11) is 0. The van der Waals surface area contributed by atoms with E-state index in [9.17, 15) is 9.59 Å². The number of aromatic nitrogens is 2. The van der Waals surface area contributed by atoms with E-state index >= 15 is 0 Å². The maximum atomic E-state index is 12.8. The number of carbonyl (C=O) groups is 2. The molecule has 2 aliphatic heterocycles. The third-order valence-corrected chi connectivity index (χ3v) is 4.97. The molecule has 1 aromatic heterocycles. The minimum atomic E-state index is -1.02. The summed E-state index contributed by atoms with van der Waals surface area (Å²) in [5.41, 5.74) is -0.398. The molecular formula is C14H20N4O4S. The molecule has 1 unspecified atom stereocenters. The molecule has 0 aromatic carbocycles. The number of rotatable bonds is 2. The van der Waals surface area contributed by atoms with Gasteiger partial charge in [-0.1, -0.05) is 4.49 Å². The Kier molecular flexibility index (Phi) is 4.60. The topological polar surface area (TPSA) is 84.9 Å². The second kappa shape index (κ2) is 6.50. The van der Waals surface area contributed by atoms with Crippen LogP contribution >= 0.6 is 11.5 Å². The van der Waals surface area contributed by atoms with Crippen LogP contribution in [0.4, 0.5) is 0 Å². The molecule has 0 spiro atoms. The predicted octanol–water partition coefficient (Wildman–Crippen LogP) is -0.0636. The van der Waals surface area contributed by atoms with Gasteiger partial charge in [-0.25, -0.2) is 0 Å². The van der Waals surface area contributed by atoms with Crippen LogP contribution in [0.1, 0.15) is 22.3 Å². The molecular weight excluding hydrogens is 320 g/mol. The highest BCUT2D eigenvalue weighted by molar-refractivity contribution is 7.07. The molecule has 0 aliphatic carbocycles. The van der Waals surface area contributed by atoms with Crippen molar-refractivity contribution in [2.24, 2.45) is 0 Å². The molecule has 1 atom stereocenters. The summed E-state index contributed by atoms with van der Waals surface area (Å²) in [5, 5.41) is 3.88. The predicted molar refractivity (Wildman–Crippen MR) is 82.3 cm³/mol. The van der Waals surface area contributed by atoms with Crippen molar-refractivity contribution in [1.82, 2.24) is 19.4 Å². The molecule has 0 radical (unpaired) electrons. The van der Waals surface area contributed by atoms with Crippen LogP contribution in [-0.4, -0.2) is 82.8 Å². The van der Waals surface area contributed by atoms with E-state index in [-0.39, 0.29) is 18.4 Å². The molecule has 9 heteroatoms. The van der Waals surface area contributed by atoms with Crippen molar-refractivity contribution in [2.45, 2.75) is 19.4 Å². The second-order valence-electron chi connectivity index (χ2n) is 5.90. The van der Waals surface area contributed by atoms with Crippen LogP contribution < -0.4 is 0 Å². The molecule has 3 heterocycles. The second-order valence-corrected chi connectivity index (χ2v) is 6.65. The van der Waals surface area contributed by atoms with E-state index in [2.05, 4.69) is 9.59 Å². The fourth-order valence-corrected chi connectivity index (χ4v) is 3.47. The minimum Gasteiger partial charge on any atom is -0.378 e. The first-order valence-electron chi connectivity index (χ1n) is 7.60. The summed E-state index contributed by atoms with van der Waals surface area (Å²) in [6.07, 6.45) is 0. The summed E-state index contributed by atoms with van der Waals surface area (Å²) < 4.78 is 14.8. The lowest BCUT2D eigenvalue weighted by molar-refractivity contribution is -0.168. The van der Waals surface area contributed by atoms with Gasteiger partial charge >= 0.3 is 0 Å². The Morgan fingerprint density at radius 2 is 1.87 bits per heavy atom. The van der Waals surface area contributed by atoms with Crippen molar-refractivity contribution in [3.63, 3.8) is 0 Å². The van der Waals surface area contributed by atoms with Crippen molar-refractivity contribution in [1.29, 1.82) is 0 Å². The van der Waals surface area contributed by atoms with Crippen molar-refractivity contribution < 1.29 is 19.1 Å². The third-order valence-electron chi connectivity index (χ3n) is 4.16. The number of aryl methyl sites for hydroxylation is 1. The highest BCUT2D eigenvalue weighted by Gasteiger charge is 2.43. The number of amides is 2. The van der Waals surface area contributed by atoms with Crippen LogP contribution in [0.3, 0.4) is 0 Å². The summed E-state index contributed by atoms with van der Waals surface area (Å²) in [6.45, 7) is 6.74. The van der Waals surface area contributed by atoms with Gasteiger partial charge in [0, 0.05) is 19.6 Å². The minimum absolute atomic E-state index is 0.0857. The number of hydrogen-bond donors (Lipinski definition) is 0. The highest BCUT2D eigenvalue weighted by Crippen LogP contribution is 2.24. The number of nitrogens with zero attached hydrogens (tertiary/aromatic N) is 4. The fourth-order valence-electron chi connectivity index (χ4n) is 2.84. The Morgan fingerprint density at radius 1 is 1.17 bits per heavy atom. The van der Waals surface area contributed by atoms with E-state index in [4.69, 9.17) is 9.47 Å². The van der Waals surface area contributed by atoms with Gasteiger partial charge in [0.25, 0.3) is 11.8 Å². The molecule has 2 amide bonds. The molecule has 8 nitrogen and oxygen atoms in total. The zero-order valence-corrected chi connectivity index (χ0v) is 14.1. The molecule has 0 bridgehead atoms. The first-order chi connectivity index (χ1) is 11.0. The zero-order valence-electron chi connectivity index (χ0n) is 13.3. The molecule has 126 valence electrons. The van der Waals surface area contributed by atoms with Gasteiger partial charge in [0.2, 0.25) is 0 Å². The quantitative estimate of drug-likeness (QED) is 0.750. The average Bonchev–Trinajstić information content (AvgIpc) is 3.00. The van der Waals surface area contributed by atoms with Crippen molar-refractivity contribution in [3.8, 4) is 0 Å². The molecule has 0 N–H and O–H groups in total. The van der Waals surface area contributed by atoms with Crippen LogP contribution in [0, 0.1) is 6.92 Å². The summed E-state index contributed by atoms with van der Waals surface area (Å²) in [4.78, 5) is 29.3. The molecule has 2 saturated heterocycles. The van der Waals surface area contributed by atoms with Gasteiger partial charge in [0.1, 0.15) is 4.88 Å². The SMILES string of the molecule is Cc1nnsc1C(=O)N1CCOC(C)(C(=O)N2CCOCC2)C1. The first kappa shape index (κ1) is 16.3. The van der Waals surface area contributed by atoms with Crippen molar-refractivity contribution in [2.75, 3.05) is 46.0 Å².